The molecule has 1 N–H and O–H groups in total. The number of benzene rings is 2. The molecule has 1 aliphatic rings. The van der Waals surface area contributed by atoms with Crippen molar-refractivity contribution in [2.45, 2.75) is 31.3 Å². The summed E-state index contributed by atoms with van der Waals surface area (Å²) < 4.78 is 1.62. The highest BCUT2D eigenvalue weighted by atomic mass is 32.2. The van der Waals surface area contributed by atoms with E-state index in [-0.39, 0.29) is 17.2 Å². The molecule has 2 aromatic heterocycles. The van der Waals surface area contributed by atoms with Crippen molar-refractivity contribution in [3.63, 3.8) is 0 Å². The van der Waals surface area contributed by atoms with Gasteiger partial charge >= 0.3 is 0 Å². The third-order valence-corrected chi connectivity index (χ3v) is 8.05. The number of amides is 1. The number of thioether (sulfide) groups is 1. The number of nitrogens with one attached hydrogen (secondary N) is 1. The summed E-state index contributed by atoms with van der Waals surface area (Å²) in [6.07, 6.45) is 2.95. The van der Waals surface area contributed by atoms with E-state index in [1.807, 2.05) is 30.3 Å². The number of nitriles is 1. The largest absolute Gasteiger partial charge is 0.324 e. The minimum Gasteiger partial charge on any atom is -0.324 e. The van der Waals surface area contributed by atoms with Crippen molar-refractivity contribution in [3.8, 4) is 11.8 Å². The van der Waals surface area contributed by atoms with Gasteiger partial charge in [-0.1, -0.05) is 49.0 Å². The van der Waals surface area contributed by atoms with Crippen LogP contribution in [0, 0.1) is 17.2 Å². The van der Waals surface area contributed by atoms with E-state index in [1.165, 1.54) is 16.6 Å². The van der Waals surface area contributed by atoms with E-state index in [4.69, 9.17) is 4.98 Å². The van der Waals surface area contributed by atoms with Crippen LogP contribution in [0.3, 0.4) is 0 Å². The van der Waals surface area contributed by atoms with Crippen molar-refractivity contribution in [1.29, 1.82) is 5.26 Å². The predicted octanol–water partition coefficient (Wildman–Crippen LogP) is 5.17. The highest BCUT2D eigenvalue weighted by Crippen LogP contribution is 2.37. The van der Waals surface area contributed by atoms with Crippen LogP contribution >= 0.6 is 23.1 Å². The van der Waals surface area contributed by atoms with E-state index in [0.717, 1.165) is 35.3 Å². The molecule has 0 spiro atoms. The summed E-state index contributed by atoms with van der Waals surface area (Å²) in [4.78, 5) is 33.3. The zero-order chi connectivity index (χ0) is 23.7. The Hall–Kier alpha value is -3.41. The van der Waals surface area contributed by atoms with Crippen LogP contribution in [0.2, 0.25) is 0 Å². The molecule has 6 nitrogen and oxygen atoms in total. The van der Waals surface area contributed by atoms with Crippen LogP contribution in [0.4, 0.5) is 5.69 Å². The Balaban J connectivity index is 1.52. The summed E-state index contributed by atoms with van der Waals surface area (Å²) in [7, 11) is 0. The number of anilines is 1. The number of carbonyl (C=O) groups excluding carboxylic acids is 1. The van der Waals surface area contributed by atoms with Gasteiger partial charge in [-0.2, -0.15) is 5.26 Å². The second-order valence-corrected chi connectivity index (χ2v) is 10.4. The van der Waals surface area contributed by atoms with Gasteiger partial charge in [0.1, 0.15) is 10.9 Å². The molecular formula is C26H22N4O2S2. The van der Waals surface area contributed by atoms with Crippen LogP contribution in [0.5, 0.6) is 0 Å². The van der Waals surface area contributed by atoms with E-state index in [2.05, 4.69) is 18.3 Å². The maximum Gasteiger partial charge on any atom is 0.267 e. The van der Waals surface area contributed by atoms with Gasteiger partial charge in [0.05, 0.1) is 28.1 Å². The van der Waals surface area contributed by atoms with Crippen molar-refractivity contribution in [2.75, 3.05) is 11.1 Å². The molecule has 1 atom stereocenters. The highest BCUT2D eigenvalue weighted by Gasteiger charge is 2.25. The summed E-state index contributed by atoms with van der Waals surface area (Å²) in [5.41, 5.74) is 2.66. The molecule has 1 aliphatic carbocycles. The third kappa shape index (κ3) is 4.25. The molecule has 0 radical (unpaired) electrons. The molecule has 0 aliphatic heterocycles. The Morgan fingerprint density at radius 3 is 2.79 bits per heavy atom. The van der Waals surface area contributed by atoms with E-state index < -0.39 is 0 Å². The average molecular weight is 487 g/mol. The number of rotatable bonds is 5. The topological polar surface area (TPSA) is 87.8 Å². The van der Waals surface area contributed by atoms with Crippen molar-refractivity contribution >= 4 is 44.9 Å². The van der Waals surface area contributed by atoms with Gasteiger partial charge in [0.25, 0.3) is 5.56 Å². The Labute approximate surface area is 205 Å². The van der Waals surface area contributed by atoms with Crippen LogP contribution in [0.1, 0.15) is 29.3 Å². The first-order valence-electron chi connectivity index (χ1n) is 11.1. The Bertz CT molecular complexity index is 1480. The van der Waals surface area contributed by atoms with Gasteiger partial charge in [0.2, 0.25) is 5.91 Å². The van der Waals surface area contributed by atoms with Gasteiger partial charge in [-0.05, 0) is 55.0 Å². The second-order valence-electron chi connectivity index (χ2n) is 8.40. The number of hydrogen-bond acceptors (Lipinski definition) is 6. The minimum atomic E-state index is -0.263. The fraction of sp³-hybridized carbons (Fsp3) is 0.231. The highest BCUT2D eigenvalue weighted by molar-refractivity contribution is 7.99. The molecule has 5 rings (SSSR count). The fourth-order valence-electron chi connectivity index (χ4n) is 4.28. The van der Waals surface area contributed by atoms with E-state index >= 15 is 0 Å². The maximum atomic E-state index is 13.8. The molecule has 2 heterocycles. The molecule has 0 saturated heterocycles. The van der Waals surface area contributed by atoms with Gasteiger partial charge in [-0.25, -0.2) is 4.98 Å². The first-order chi connectivity index (χ1) is 16.5. The molecule has 0 bridgehead atoms. The lowest BCUT2D eigenvalue weighted by Crippen LogP contribution is -2.23. The number of aryl methyl sites for hydroxylation is 1. The van der Waals surface area contributed by atoms with E-state index in [9.17, 15) is 14.9 Å². The first kappa shape index (κ1) is 22.4. The molecule has 8 heteroatoms. The lowest BCUT2D eigenvalue weighted by atomic mass is 9.89. The fourth-order valence-corrected chi connectivity index (χ4v) is 6.52. The van der Waals surface area contributed by atoms with Crippen LogP contribution in [-0.2, 0) is 17.6 Å². The van der Waals surface area contributed by atoms with Gasteiger partial charge in [-0.15, -0.1) is 11.3 Å². The van der Waals surface area contributed by atoms with Crippen molar-refractivity contribution in [3.05, 3.63) is 81.0 Å². The minimum absolute atomic E-state index is 0.0622. The third-order valence-electron chi connectivity index (χ3n) is 5.97. The van der Waals surface area contributed by atoms with Gasteiger partial charge in [0, 0.05) is 4.88 Å². The number of hydrogen-bond donors (Lipinski definition) is 1. The van der Waals surface area contributed by atoms with Crippen LogP contribution in [0.15, 0.2) is 64.5 Å². The maximum absolute atomic E-state index is 13.8. The summed E-state index contributed by atoms with van der Waals surface area (Å²) in [6, 6.07) is 18.4. The molecule has 0 saturated carbocycles. The second kappa shape index (κ2) is 9.45. The zero-order valence-corrected chi connectivity index (χ0v) is 20.2. The summed E-state index contributed by atoms with van der Waals surface area (Å²) in [6.45, 7) is 2.24. The standard InChI is InChI=1S/C26H22N4O2S2/c1-16-11-12-19-21(13-16)34-24-23(19)25(32)30(18-8-3-2-4-9-18)26(29-24)33-15-22(31)28-20-10-6-5-7-17(20)14-27/h2-10,16H,11-13,15H2,1H3,(H,28,31). The number of aromatic nitrogens is 2. The van der Waals surface area contributed by atoms with Crippen molar-refractivity contribution in [1.82, 2.24) is 9.55 Å². The zero-order valence-electron chi connectivity index (χ0n) is 18.6. The van der Waals surface area contributed by atoms with Crippen LogP contribution < -0.4 is 10.9 Å². The van der Waals surface area contributed by atoms with Crippen LogP contribution in [0.25, 0.3) is 15.9 Å². The monoisotopic (exact) mass is 486 g/mol. The molecule has 2 aromatic carbocycles. The number of nitrogens with zero attached hydrogens (tertiary/aromatic N) is 3. The number of carbonyl (C=O) groups is 1. The van der Waals surface area contributed by atoms with Gasteiger partial charge < -0.3 is 5.32 Å². The van der Waals surface area contributed by atoms with Crippen LogP contribution in [-0.4, -0.2) is 21.2 Å². The Kier molecular flexibility index (Phi) is 6.22. The SMILES string of the molecule is CC1CCc2c(sc3nc(SCC(=O)Nc4ccccc4C#N)n(-c4ccccc4)c(=O)c23)C1. The summed E-state index contributed by atoms with van der Waals surface area (Å²) >= 11 is 2.82. The van der Waals surface area contributed by atoms with E-state index in [0.29, 0.717) is 27.7 Å². The predicted molar refractivity (Wildman–Crippen MR) is 137 cm³/mol. The molecule has 0 fully saturated rings. The summed E-state index contributed by atoms with van der Waals surface area (Å²) in [5.74, 6) is 0.402. The molecule has 4 aromatic rings. The molecule has 1 amide bonds. The van der Waals surface area contributed by atoms with Gasteiger partial charge in [-0.3, -0.25) is 14.2 Å². The lowest BCUT2D eigenvalue weighted by molar-refractivity contribution is -0.113. The van der Waals surface area contributed by atoms with Gasteiger partial charge in [0.15, 0.2) is 5.16 Å². The molecular weight excluding hydrogens is 464 g/mol. The normalized spacial score (nSPS) is 15.0. The quantitative estimate of drug-likeness (QED) is 0.310. The smallest absolute Gasteiger partial charge is 0.267 e. The summed E-state index contributed by atoms with van der Waals surface area (Å²) in [5, 5.41) is 13.3. The number of fused-ring (bicyclic) bond motifs is 3. The Morgan fingerprint density at radius 2 is 2.00 bits per heavy atom. The number of thiophene rings is 1. The van der Waals surface area contributed by atoms with Crippen molar-refractivity contribution in [2.24, 2.45) is 5.92 Å². The Morgan fingerprint density at radius 1 is 1.24 bits per heavy atom. The molecule has 34 heavy (non-hydrogen) atoms. The first-order valence-corrected chi connectivity index (χ1v) is 12.9. The van der Waals surface area contributed by atoms with E-state index in [1.54, 1.807) is 40.2 Å². The lowest BCUT2D eigenvalue weighted by Gasteiger charge is -2.17. The molecule has 170 valence electrons. The number of para-hydroxylation sites is 2. The molecule has 1 unspecified atom stereocenters. The average Bonchev–Trinajstić information content (AvgIpc) is 3.21. The van der Waals surface area contributed by atoms with Crippen molar-refractivity contribution < 1.29 is 4.79 Å².